The van der Waals surface area contributed by atoms with Crippen LogP contribution in [-0.4, -0.2) is 9.97 Å². The van der Waals surface area contributed by atoms with Crippen molar-refractivity contribution in [1.82, 2.24) is 9.97 Å². The molecule has 4 heteroatoms. The van der Waals surface area contributed by atoms with Crippen LogP contribution in [0.25, 0.3) is 0 Å². The molecule has 0 amide bonds. The predicted octanol–water partition coefficient (Wildman–Crippen LogP) is 3.66. The van der Waals surface area contributed by atoms with Crippen molar-refractivity contribution in [1.29, 1.82) is 0 Å². The number of hydrogen-bond donors (Lipinski definition) is 1. The van der Waals surface area contributed by atoms with Crippen molar-refractivity contribution in [3.63, 3.8) is 0 Å². The molecule has 0 saturated heterocycles. The molecule has 0 radical (unpaired) electrons. The number of hydrogen-bond acceptors (Lipinski definition) is 3. The largest absolute Gasteiger partial charge is 0.361 e. The molecule has 0 aliphatic heterocycles. The first-order valence-electron chi connectivity index (χ1n) is 6.44. The standard InChI is InChI=1S/C15H18FN3/c1-4-13-14(16)15(18-9-17-13)19-11(3)12-7-5-10(2)6-8-12/h5-9,11H,4H2,1-3H3,(H,17,18,19). The molecule has 1 N–H and O–H groups in total. The van der Waals surface area contributed by atoms with Crippen LogP contribution < -0.4 is 5.32 Å². The minimum atomic E-state index is -0.357. The van der Waals surface area contributed by atoms with Crippen LogP contribution in [0.2, 0.25) is 0 Å². The Morgan fingerprint density at radius 1 is 1.21 bits per heavy atom. The maximum Gasteiger partial charge on any atom is 0.186 e. The summed E-state index contributed by atoms with van der Waals surface area (Å²) in [6, 6.07) is 8.15. The predicted molar refractivity (Wildman–Crippen MR) is 74.6 cm³/mol. The van der Waals surface area contributed by atoms with Crippen molar-refractivity contribution in [2.45, 2.75) is 33.2 Å². The van der Waals surface area contributed by atoms with Gasteiger partial charge in [-0.25, -0.2) is 14.4 Å². The van der Waals surface area contributed by atoms with E-state index in [1.165, 1.54) is 11.9 Å². The first kappa shape index (κ1) is 13.5. The Bertz CT molecular complexity index is 552. The van der Waals surface area contributed by atoms with Gasteiger partial charge in [0.2, 0.25) is 0 Å². The monoisotopic (exact) mass is 259 g/mol. The summed E-state index contributed by atoms with van der Waals surface area (Å²) >= 11 is 0. The van der Waals surface area contributed by atoms with E-state index in [9.17, 15) is 4.39 Å². The van der Waals surface area contributed by atoms with Crippen LogP contribution in [0.5, 0.6) is 0 Å². The first-order chi connectivity index (χ1) is 9.11. The molecule has 0 spiro atoms. The van der Waals surface area contributed by atoms with Crippen LogP contribution in [0.15, 0.2) is 30.6 Å². The number of nitrogens with one attached hydrogen (secondary N) is 1. The number of aryl methyl sites for hydroxylation is 2. The highest BCUT2D eigenvalue weighted by Gasteiger charge is 2.12. The molecule has 0 saturated carbocycles. The summed E-state index contributed by atoms with van der Waals surface area (Å²) in [6.45, 7) is 5.90. The highest BCUT2D eigenvalue weighted by molar-refractivity contribution is 5.40. The van der Waals surface area contributed by atoms with E-state index in [4.69, 9.17) is 0 Å². The summed E-state index contributed by atoms with van der Waals surface area (Å²) in [5.41, 5.74) is 2.74. The fourth-order valence-electron chi connectivity index (χ4n) is 1.90. The highest BCUT2D eigenvalue weighted by Crippen LogP contribution is 2.21. The third-order valence-electron chi connectivity index (χ3n) is 3.13. The minimum absolute atomic E-state index is 0.00490. The quantitative estimate of drug-likeness (QED) is 0.910. The van der Waals surface area contributed by atoms with Gasteiger partial charge in [-0.3, -0.25) is 0 Å². The zero-order chi connectivity index (χ0) is 13.8. The van der Waals surface area contributed by atoms with E-state index in [1.54, 1.807) is 0 Å². The van der Waals surface area contributed by atoms with E-state index in [1.807, 2.05) is 45.0 Å². The molecular formula is C15H18FN3. The number of benzene rings is 1. The van der Waals surface area contributed by atoms with Gasteiger partial charge in [-0.1, -0.05) is 36.8 Å². The molecule has 0 fully saturated rings. The number of aromatic nitrogens is 2. The summed E-state index contributed by atoms with van der Waals surface area (Å²) in [7, 11) is 0. The zero-order valence-electron chi connectivity index (χ0n) is 11.4. The third-order valence-corrected chi connectivity index (χ3v) is 3.13. The Kier molecular flexibility index (Phi) is 4.10. The molecule has 1 unspecified atom stereocenters. The molecule has 2 rings (SSSR count). The van der Waals surface area contributed by atoms with Gasteiger partial charge in [-0.2, -0.15) is 0 Å². The smallest absolute Gasteiger partial charge is 0.186 e. The van der Waals surface area contributed by atoms with Crippen molar-refractivity contribution in [3.05, 3.63) is 53.2 Å². The molecule has 0 aliphatic carbocycles. The zero-order valence-corrected chi connectivity index (χ0v) is 11.4. The fraction of sp³-hybridized carbons (Fsp3) is 0.333. The minimum Gasteiger partial charge on any atom is -0.361 e. The summed E-state index contributed by atoms with van der Waals surface area (Å²) in [6.07, 6.45) is 1.95. The highest BCUT2D eigenvalue weighted by atomic mass is 19.1. The van der Waals surface area contributed by atoms with Gasteiger partial charge in [0.05, 0.1) is 11.7 Å². The maximum absolute atomic E-state index is 14.0. The van der Waals surface area contributed by atoms with Crippen LogP contribution in [0.1, 0.15) is 36.7 Å². The molecule has 1 aromatic heterocycles. The van der Waals surface area contributed by atoms with Gasteiger partial charge in [-0.05, 0) is 25.8 Å². The van der Waals surface area contributed by atoms with Crippen molar-refractivity contribution in [2.24, 2.45) is 0 Å². The SMILES string of the molecule is CCc1ncnc(NC(C)c2ccc(C)cc2)c1F. The van der Waals surface area contributed by atoms with Crippen LogP contribution in [0.3, 0.4) is 0 Å². The van der Waals surface area contributed by atoms with Gasteiger partial charge in [0.25, 0.3) is 0 Å². The maximum atomic E-state index is 14.0. The fourth-order valence-corrected chi connectivity index (χ4v) is 1.90. The number of nitrogens with zero attached hydrogens (tertiary/aromatic N) is 2. The lowest BCUT2D eigenvalue weighted by Crippen LogP contribution is -2.11. The van der Waals surface area contributed by atoms with Crippen molar-refractivity contribution >= 4 is 5.82 Å². The van der Waals surface area contributed by atoms with Crippen molar-refractivity contribution < 1.29 is 4.39 Å². The van der Waals surface area contributed by atoms with E-state index in [0.717, 1.165) is 5.56 Å². The summed E-state index contributed by atoms with van der Waals surface area (Å²) in [5, 5.41) is 3.09. The van der Waals surface area contributed by atoms with Gasteiger partial charge in [-0.15, -0.1) is 0 Å². The van der Waals surface area contributed by atoms with Gasteiger partial charge in [0.15, 0.2) is 11.6 Å². The Morgan fingerprint density at radius 3 is 2.53 bits per heavy atom. The van der Waals surface area contributed by atoms with E-state index in [-0.39, 0.29) is 17.7 Å². The second-order valence-corrected chi connectivity index (χ2v) is 4.61. The van der Waals surface area contributed by atoms with Crippen molar-refractivity contribution in [3.8, 4) is 0 Å². The number of halogens is 1. The average Bonchev–Trinajstić information content (AvgIpc) is 2.42. The van der Waals surface area contributed by atoms with E-state index in [2.05, 4.69) is 15.3 Å². The van der Waals surface area contributed by atoms with Crippen LogP contribution in [-0.2, 0) is 6.42 Å². The molecule has 1 atom stereocenters. The summed E-state index contributed by atoms with van der Waals surface area (Å²) in [4.78, 5) is 7.90. The molecule has 3 nitrogen and oxygen atoms in total. The molecule has 0 bridgehead atoms. The topological polar surface area (TPSA) is 37.8 Å². The van der Waals surface area contributed by atoms with Crippen LogP contribution in [0.4, 0.5) is 10.2 Å². The van der Waals surface area contributed by atoms with Crippen LogP contribution in [0, 0.1) is 12.7 Å². The third kappa shape index (κ3) is 3.08. The summed E-state index contributed by atoms with van der Waals surface area (Å²) < 4.78 is 14.0. The Hall–Kier alpha value is -1.97. The summed E-state index contributed by atoms with van der Waals surface area (Å²) in [5.74, 6) is -0.0936. The van der Waals surface area contributed by atoms with Gasteiger partial charge in [0.1, 0.15) is 6.33 Å². The van der Waals surface area contributed by atoms with E-state index >= 15 is 0 Å². The molecule has 0 aliphatic rings. The Labute approximate surface area is 112 Å². The van der Waals surface area contributed by atoms with E-state index < -0.39 is 0 Å². The Morgan fingerprint density at radius 2 is 1.89 bits per heavy atom. The molecule has 1 aromatic carbocycles. The van der Waals surface area contributed by atoms with Crippen molar-refractivity contribution in [2.75, 3.05) is 5.32 Å². The lowest BCUT2D eigenvalue weighted by atomic mass is 10.1. The van der Waals surface area contributed by atoms with Gasteiger partial charge >= 0.3 is 0 Å². The molecule has 19 heavy (non-hydrogen) atoms. The first-order valence-corrected chi connectivity index (χ1v) is 6.44. The van der Waals surface area contributed by atoms with Gasteiger partial charge in [0, 0.05) is 0 Å². The lowest BCUT2D eigenvalue weighted by Gasteiger charge is -2.16. The normalized spacial score (nSPS) is 12.2. The molecule has 2 aromatic rings. The number of rotatable bonds is 4. The number of anilines is 1. The Balaban J connectivity index is 2.19. The van der Waals surface area contributed by atoms with Gasteiger partial charge < -0.3 is 5.32 Å². The second-order valence-electron chi connectivity index (χ2n) is 4.61. The van der Waals surface area contributed by atoms with E-state index in [0.29, 0.717) is 12.1 Å². The average molecular weight is 259 g/mol. The molecule has 1 heterocycles. The second kappa shape index (κ2) is 5.78. The molecule has 100 valence electrons. The molecular weight excluding hydrogens is 241 g/mol. The van der Waals surface area contributed by atoms with Crippen LogP contribution >= 0.6 is 0 Å². The lowest BCUT2D eigenvalue weighted by molar-refractivity contribution is 0.594.